The van der Waals surface area contributed by atoms with Gasteiger partial charge in [-0.3, -0.25) is 4.79 Å². The molecule has 0 fully saturated rings. The fourth-order valence-electron chi connectivity index (χ4n) is 3.22. The summed E-state index contributed by atoms with van der Waals surface area (Å²) in [5.74, 6) is -0.227. The highest BCUT2D eigenvalue weighted by atomic mass is 32.2. The number of fused-ring (bicyclic) bond motifs is 1. The van der Waals surface area contributed by atoms with Crippen LogP contribution in [0, 0.1) is 5.82 Å². The zero-order valence-corrected chi connectivity index (χ0v) is 15.0. The summed E-state index contributed by atoms with van der Waals surface area (Å²) in [6.07, 6.45) is 0.415. The number of halogens is 1. The van der Waals surface area contributed by atoms with E-state index in [1.807, 2.05) is 48.5 Å². The largest absolute Gasteiger partial charge is 0.307 e. The minimum Gasteiger partial charge on any atom is -0.307 e. The summed E-state index contributed by atoms with van der Waals surface area (Å²) in [4.78, 5) is 15.9. The second-order valence-electron chi connectivity index (χ2n) is 6.30. The first kappa shape index (κ1) is 16.9. The molecule has 0 aromatic heterocycles. The van der Waals surface area contributed by atoms with Crippen molar-refractivity contribution in [1.82, 2.24) is 0 Å². The van der Waals surface area contributed by atoms with Crippen LogP contribution in [0.15, 0.2) is 83.8 Å². The minimum absolute atomic E-state index is 0.0561. The quantitative estimate of drug-likeness (QED) is 0.604. The molecule has 3 aromatic rings. The number of hydrogen-bond acceptors (Lipinski definition) is 2. The van der Waals surface area contributed by atoms with Crippen molar-refractivity contribution in [3.63, 3.8) is 0 Å². The molecule has 0 bridgehead atoms. The van der Waals surface area contributed by atoms with E-state index in [9.17, 15) is 9.18 Å². The molecule has 4 heteroatoms. The minimum atomic E-state index is -0.283. The number of thioether (sulfide) groups is 1. The normalized spacial score (nSPS) is 16.9. The second-order valence-corrected chi connectivity index (χ2v) is 7.54. The SMILES string of the molecule is O=C1CC(c2ccccc2)Sc2ccccc2N1Cc1cccc(F)c1. The Morgan fingerprint density at radius 1 is 0.962 bits per heavy atom. The fourth-order valence-corrected chi connectivity index (χ4v) is 4.50. The molecule has 1 unspecified atom stereocenters. The third-order valence-electron chi connectivity index (χ3n) is 4.49. The molecule has 1 atom stereocenters. The molecule has 1 aliphatic heterocycles. The predicted molar refractivity (Wildman–Crippen MR) is 104 cm³/mol. The van der Waals surface area contributed by atoms with Gasteiger partial charge in [0.05, 0.1) is 12.2 Å². The van der Waals surface area contributed by atoms with E-state index in [0.29, 0.717) is 13.0 Å². The lowest BCUT2D eigenvalue weighted by Crippen LogP contribution is -2.30. The van der Waals surface area contributed by atoms with E-state index in [-0.39, 0.29) is 17.0 Å². The average Bonchev–Trinajstić information content (AvgIpc) is 2.80. The number of amides is 1. The summed E-state index contributed by atoms with van der Waals surface area (Å²) in [5, 5.41) is 0.0716. The van der Waals surface area contributed by atoms with E-state index in [4.69, 9.17) is 0 Å². The zero-order chi connectivity index (χ0) is 17.9. The van der Waals surface area contributed by atoms with Crippen LogP contribution < -0.4 is 4.90 Å². The van der Waals surface area contributed by atoms with Gasteiger partial charge >= 0.3 is 0 Å². The van der Waals surface area contributed by atoms with Crippen LogP contribution in [-0.4, -0.2) is 5.91 Å². The zero-order valence-electron chi connectivity index (χ0n) is 14.1. The van der Waals surface area contributed by atoms with E-state index in [2.05, 4.69) is 12.1 Å². The van der Waals surface area contributed by atoms with Gasteiger partial charge in [-0.25, -0.2) is 4.39 Å². The standard InChI is InChI=1S/C22H18FNOS/c23-18-10-6-7-16(13-18)15-24-19-11-4-5-12-20(19)26-21(14-22(24)25)17-8-2-1-3-9-17/h1-13,21H,14-15H2. The van der Waals surface area contributed by atoms with Gasteiger partial charge in [0.15, 0.2) is 0 Å². The lowest BCUT2D eigenvalue weighted by molar-refractivity contribution is -0.118. The molecule has 130 valence electrons. The first-order chi connectivity index (χ1) is 12.7. The maximum absolute atomic E-state index is 13.6. The van der Waals surface area contributed by atoms with Crippen molar-refractivity contribution in [2.24, 2.45) is 0 Å². The van der Waals surface area contributed by atoms with E-state index < -0.39 is 0 Å². The molecule has 0 saturated heterocycles. The van der Waals surface area contributed by atoms with Gasteiger partial charge in [-0.05, 0) is 35.4 Å². The van der Waals surface area contributed by atoms with Gasteiger partial charge in [-0.2, -0.15) is 0 Å². The number of rotatable bonds is 3. The molecule has 1 heterocycles. The Labute approximate surface area is 156 Å². The van der Waals surface area contributed by atoms with Crippen molar-refractivity contribution in [2.75, 3.05) is 4.90 Å². The molecule has 1 aliphatic rings. The van der Waals surface area contributed by atoms with Crippen LogP contribution in [0.2, 0.25) is 0 Å². The number of nitrogens with zero attached hydrogens (tertiary/aromatic N) is 1. The van der Waals surface area contributed by atoms with Crippen molar-refractivity contribution in [3.05, 3.63) is 95.8 Å². The summed E-state index contributed by atoms with van der Waals surface area (Å²) >= 11 is 1.72. The third-order valence-corrected chi connectivity index (χ3v) is 5.81. The lowest BCUT2D eigenvalue weighted by atomic mass is 10.1. The summed E-state index contributed by atoms with van der Waals surface area (Å²) in [5.41, 5.74) is 2.83. The summed E-state index contributed by atoms with van der Waals surface area (Å²) < 4.78 is 13.6. The maximum atomic E-state index is 13.6. The monoisotopic (exact) mass is 363 g/mol. The number of anilines is 1. The highest BCUT2D eigenvalue weighted by Gasteiger charge is 2.29. The first-order valence-electron chi connectivity index (χ1n) is 8.56. The van der Waals surface area contributed by atoms with Crippen LogP contribution in [-0.2, 0) is 11.3 Å². The topological polar surface area (TPSA) is 20.3 Å². The smallest absolute Gasteiger partial charge is 0.228 e. The van der Waals surface area contributed by atoms with Crippen LogP contribution in [0.4, 0.5) is 10.1 Å². The van der Waals surface area contributed by atoms with Crippen LogP contribution in [0.3, 0.4) is 0 Å². The molecular weight excluding hydrogens is 345 g/mol. The number of benzene rings is 3. The summed E-state index contributed by atoms with van der Waals surface area (Å²) in [7, 11) is 0. The van der Waals surface area contributed by atoms with Crippen LogP contribution >= 0.6 is 11.8 Å². The molecular formula is C22H18FNOS. The van der Waals surface area contributed by atoms with Crippen LogP contribution in [0.1, 0.15) is 22.8 Å². The molecule has 1 amide bonds. The summed E-state index contributed by atoms with van der Waals surface area (Å²) in [6, 6.07) is 24.5. The number of para-hydroxylation sites is 1. The number of carbonyl (C=O) groups excluding carboxylic acids is 1. The van der Waals surface area contributed by atoms with Crippen molar-refractivity contribution in [2.45, 2.75) is 23.1 Å². The first-order valence-corrected chi connectivity index (χ1v) is 9.44. The predicted octanol–water partition coefficient (Wildman–Crippen LogP) is 5.60. The van der Waals surface area contributed by atoms with Crippen LogP contribution in [0.25, 0.3) is 0 Å². The van der Waals surface area contributed by atoms with Crippen LogP contribution in [0.5, 0.6) is 0 Å². The molecule has 0 N–H and O–H groups in total. The molecule has 0 aliphatic carbocycles. The third kappa shape index (κ3) is 3.51. The molecule has 0 radical (unpaired) electrons. The van der Waals surface area contributed by atoms with E-state index in [1.54, 1.807) is 22.7 Å². The highest BCUT2D eigenvalue weighted by Crippen LogP contribution is 2.45. The molecule has 3 aromatic carbocycles. The molecule has 26 heavy (non-hydrogen) atoms. The number of carbonyl (C=O) groups is 1. The van der Waals surface area contributed by atoms with Crippen molar-refractivity contribution >= 4 is 23.4 Å². The van der Waals surface area contributed by atoms with Gasteiger partial charge in [0.25, 0.3) is 0 Å². The second kappa shape index (κ2) is 7.34. The van der Waals surface area contributed by atoms with Gasteiger partial charge < -0.3 is 4.90 Å². The fraction of sp³-hybridized carbons (Fsp3) is 0.136. The molecule has 2 nitrogen and oxygen atoms in total. The van der Waals surface area contributed by atoms with E-state index in [0.717, 1.165) is 21.7 Å². The lowest BCUT2D eigenvalue weighted by Gasteiger charge is -2.22. The van der Waals surface area contributed by atoms with E-state index >= 15 is 0 Å². The van der Waals surface area contributed by atoms with Gasteiger partial charge in [0.2, 0.25) is 5.91 Å². The Morgan fingerprint density at radius 2 is 1.73 bits per heavy atom. The Kier molecular flexibility index (Phi) is 4.76. The average molecular weight is 363 g/mol. The Bertz CT molecular complexity index is 928. The summed E-state index contributed by atoms with van der Waals surface area (Å²) in [6.45, 7) is 0.371. The Balaban J connectivity index is 1.70. The van der Waals surface area contributed by atoms with Gasteiger partial charge in [-0.1, -0.05) is 54.6 Å². The maximum Gasteiger partial charge on any atom is 0.228 e. The van der Waals surface area contributed by atoms with Gasteiger partial charge in [-0.15, -0.1) is 11.8 Å². The van der Waals surface area contributed by atoms with Gasteiger partial charge in [0.1, 0.15) is 5.82 Å². The number of hydrogen-bond donors (Lipinski definition) is 0. The highest BCUT2D eigenvalue weighted by molar-refractivity contribution is 7.99. The molecule has 0 saturated carbocycles. The van der Waals surface area contributed by atoms with Crippen molar-refractivity contribution in [3.8, 4) is 0 Å². The van der Waals surface area contributed by atoms with Gasteiger partial charge in [0, 0.05) is 16.6 Å². The Hall–Kier alpha value is -2.59. The van der Waals surface area contributed by atoms with Crippen molar-refractivity contribution in [1.29, 1.82) is 0 Å². The van der Waals surface area contributed by atoms with E-state index in [1.165, 1.54) is 12.1 Å². The molecule has 4 rings (SSSR count). The van der Waals surface area contributed by atoms with Crippen molar-refractivity contribution < 1.29 is 9.18 Å². The Morgan fingerprint density at radius 3 is 2.54 bits per heavy atom. The molecule has 0 spiro atoms.